The van der Waals surface area contributed by atoms with Gasteiger partial charge >= 0.3 is 0 Å². The second-order valence-corrected chi connectivity index (χ2v) is 2.38. The summed E-state index contributed by atoms with van der Waals surface area (Å²) in [6.45, 7) is 5.57. The zero-order valence-electron chi connectivity index (χ0n) is 6.93. The van der Waals surface area contributed by atoms with Gasteiger partial charge in [-0.3, -0.25) is 4.79 Å². The van der Waals surface area contributed by atoms with Crippen molar-refractivity contribution in [3.63, 3.8) is 0 Å². The van der Waals surface area contributed by atoms with Gasteiger partial charge in [-0.15, -0.1) is 0 Å². The minimum atomic E-state index is -0.113. The van der Waals surface area contributed by atoms with Gasteiger partial charge in [-0.1, -0.05) is 5.92 Å². The lowest BCUT2D eigenvalue weighted by Crippen LogP contribution is -2.31. The van der Waals surface area contributed by atoms with E-state index in [1.54, 1.807) is 18.9 Å². The van der Waals surface area contributed by atoms with Crippen molar-refractivity contribution in [3.8, 4) is 11.8 Å². The van der Waals surface area contributed by atoms with Crippen molar-refractivity contribution in [1.82, 2.24) is 4.90 Å². The lowest BCUT2D eigenvalue weighted by molar-refractivity contribution is -0.125. The smallest absolute Gasteiger partial charge is 0.298 e. The number of hydrogen-bond donors (Lipinski definition) is 0. The maximum absolute atomic E-state index is 10.9. The molecule has 0 saturated carbocycles. The van der Waals surface area contributed by atoms with Crippen LogP contribution in [0.2, 0.25) is 0 Å². The summed E-state index contributed by atoms with van der Waals surface area (Å²) in [5.41, 5.74) is 0. The maximum atomic E-state index is 10.9. The van der Waals surface area contributed by atoms with E-state index in [9.17, 15) is 4.79 Å². The van der Waals surface area contributed by atoms with Crippen LogP contribution < -0.4 is 0 Å². The van der Waals surface area contributed by atoms with Crippen LogP contribution in [0.15, 0.2) is 0 Å². The highest BCUT2D eigenvalue weighted by molar-refractivity contribution is 5.93. The van der Waals surface area contributed by atoms with Crippen molar-refractivity contribution in [3.05, 3.63) is 0 Å². The van der Waals surface area contributed by atoms with Crippen molar-refractivity contribution in [2.75, 3.05) is 7.05 Å². The number of hydrogen-bond acceptors (Lipinski definition) is 1. The Balaban J connectivity index is 4.04. The second kappa shape index (κ2) is 3.94. The first kappa shape index (κ1) is 9.03. The molecular formula is C8H13NO. The Morgan fingerprint density at radius 2 is 2.00 bits per heavy atom. The Hall–Kier alpha value is -0.970. The van der Waals surface area contributed by atoms with Gasteiger partial charge in [-0.05, 0) is 26.7 Å². The van der Waals surface area contributed by atoms with Gasteiger partial charge in [-0.25, -0.2) is 0 Å². The molecule has 0 spiro atoms. The average Bonchev–Trinajstić information content (AvgIpc) is 1.87. The largest absolute Gasteiger partial charge is 0.333 e. The van der Waals surface area contributed by atoms with E-state index in [0.717, 1.165) is 0 Å². The van der Waals surface area contributed by atoms with Crippen LogP contribution in [0.3, 0.4) is 0 Å². The molecule has 2 heteroatoms. The molecule has 10 heavy (non-hydrogen) atoms. The summed E-state index contributed by atoms with van der Waals surface area (Å²) in [4.78, 5) is 12.5. The Labute approximate surface area is 62.2 Å². The van der Waals surface area contributed by atoms with Crippen LogP contribution in [0.4, 0.5) is 0 Å². The second-order valence-electron chi connectivity index (χ2n) is 2.38. The van der Waals surface area contributed by atoms with E-state index in [1.807, 2.05) is 13.8 Å². The van der Waals surface area contributed by atoms with Gasteiger partial charge in [-0.2, -0.15) is 0 Å². The van der Waals surface area contributed by atoms with E-state index in [0.29, 0.717) is 0 Å². The maximum Gasteiger partial charge on any atom is 0.298 e. The molecule has 0 aromatic rings. The van der Waals surface area contributed by atoms with Crippen LogP contribution >= 0.6 is 0 Å². The molecule has 0 N–H and O–H groups in total. The number of carbonyl (C=O) groups excluding carboxylic acids is 1. The molecule has 0 aromatic carbocycles. The molecule has 0 rings (SSSR count). The zero-order chi connectivity index (χ0) is 8.15. The van der Waals surface area contributed by atoms with Gasteiger partial charge in [0.25, 0.3) is 5.91 Å². The number of nitrogens with zero attached hydrogens (tertiary/aromatic N) is 1. The molecule has 56 valence electrons. The van der Waals surface area contributed by atoms with Crippen molar-refractivity contribution < 1.29 is 4.79 Å². The predicted octanol–water partition coefficient (Wildman–Crippen LogP) is 0.877. The number of amides is 1. The first-order chi connectivity index (χ1) is 4.59. The van der Waals surface area contributed by atoms with Gasteiger partial charge in [0.05, 0.1) is 0 Å². The van der Waals surface area contributed by atoms with Crippen LogP contribution in [0.25, 0.3) is 0 Å². The highest BCUT2D eigenvalue weighted by Gasteiger charge is 2.07. The Bertz CT molecular complexity index is 173. The van der Waals surface area contributed by atoms with E-state index >= 15 is 0 Å². The molecule has 0 unspecified atom stereocenters. The molecule has 0 fully saturated rings. The summed E-state index contributed by atoms with van der Waals surface area (Å²) in [7, 11) is 1.75. The summed E-state index contributed by atoms with van der Waals surface area (Å²) >= 11 is 0. The van der Waals surface area contributed by atoms with Crippen LogP contribution in [-0.4, -0.2) is 23.9 Å². The van der Waals surface area contributed by atoms with Gasteiger partial charge in [0.15, 0.2) is 0 Å². The van der Waals surface area contributed by atoms with Crippen LogP contribution in [0.1, 0.15) is 20.8 Å². The van der Waals surface area contributed by atoms with Gasteiger partial charge in [0.2, 0.25) is 0 Å². The first-order valence-electron chi connectivity index (χ1n) is 3.29. The predicted molar refractivity (Wildman–Crippen MR) is 41.4 cm³/mol. The SMILES string of the molecule is CC#CC(=O)N(C)C(C)C. The number of rotatable bonds is 1. The molecule has 1 amide bonds. The number of carbonyl (C=O) groups is 1. The molecule has 0 atom stereocenters. The van der Waals surface area contributed by atoms with Crippen LogP contribution in [0.5, 0.6) is 0 Å². The van der Waals surface area contributed by atoms with Crippen LogP contribution in [-0.2, 0) is 4.79 Å². The standard InChI is InChI=1S/C8H13NO/c1-5-6-8(10)9(4)7(2)3/h7H,1-4H3. The Morgan fingerprint density at radius 1 is 1.50 bits per heavy atom. The van der Waals surface area contributed by atoms with E-state index < -0.39 is 0 Å². The van der Waals surface area contributed by atoms with E-state index in [4.69, 9.17) is 0 Å². The third-order valence-electron chi connectivity index (χ3n) is 1.33. The molecule has 0 bridgehead atoms. The highest BCUT2D eigenvalue weighted by Crippen LogP contribution is 1.92. The summed E-state index contributed by atoms with van der Waals surface area (Å²) in [6, 6.07) is 0.230. The highest BCUT2D eigenvalue weighted by atomic mass is 16.2. The monoisotopic (exact) mass is 139 g/mol. The van der Waals surface area contributed by atoms with E-state index in [1.165, 1.54) is 0 Å². The van der Waals surface area contributed by atoms with Crippen molar-refractivity contribution in [1.29, 1.82) is 0 Å². The van der Waals surface area contributed by atoms with Gasteiger partial charge < -0.3 is 4.90 Å². The topological polar surface area (TPSA) is 20.3 Å². The summed E-state index contributed by atoms with van der Waals surface area (Å²) in [6.07, 6.45) is 0. The quantitative estimate of drug-likeness (QED) is 0.494. The third kappa shape index (κ3) is 2.54. The fraction of sp³-hybridized carbons (Fsp3) is 0.625. The Kier molecular flexibility index (Phi) is 3.56. The van der Waals surface area contributed by atoms with E-state index in [2.05, 4.69) is 11.8 Å². The molecule has 0 aliphatic rings. The molecule has 0 aromatic heterocycles. The van der Waals surface area contributed by atoms with Crippen LogP contribution in [0, 0.1) is 11.8 Å². The summed E-state index contributed by atoms with van der Waals surface area (Å²) in [5, 5.41) is 0. The lowest BCUT2D eigenvalue weighted by Gasteiger charge is -2.17. The zero-order valence-corrected chi connectivity index (χ0v) is 6.93. The van der Waals surface area contributed by atoms with Gasteiger partial charge in [0, 0.05) is 13.1 Å². The molecule has 0 saturated heterocycles. The Morgan fingerprint density at radius 3 is 2.30 bits per heavy atom. The lowest BCUT2D eigenvalue weighted by atomic mass is 10.3. The molecule has 0 aliphatic carbocycles. The van der Waals surface area contributed by atoms with Crippen molar-refractivity contribution in [2.24, 2.45) is 0 Å². The minimum absolute atomic E-state index is 0.113. The fourth-order valence-corrected chi connectivity index (χ4v) is 0.430. The van der Waals surface area contributed by atoms with Crippen molar-refractivity contribution in [2.45, 2.75) is 26.8 Å². The average molecular weight is 139 g/mol. The molecule has 0 aliphatic heterocycles. The van der Waals surface area contributed by atoms with E-state index in [-0.39, 0.29) is 11.9 Å². The normalized spacial score (nSPS) is 8.50. The first-order valence-corrected chi connectivity index (χ1v) is 3.29. The summed E-state index contributed by atoms with van der Waals surface area (Å²) < 4.78 is 0. The molecule has 2 nitrogen and oxygen atoms in total. The molecule has 0 radical (unpaired) electrons. The minimum Gasteiger partial charge on any atom is -0.333 e. The molecular weight excluding hydrogens is 126 g/mol. The molecule has 0 heterocycles. The summed E-state index contributed by atoms with van der Waals surface area (Å²) in [5.74, 6) is 4.91. The third-order valence-corrected chi connectivity index (χ3v) is 1.33. The van der Waals surface area contributed by atoms with Crippen molar-refractivity contribution >= 4 is 5.91 Å². The fourth-order valence-electron chi connectivity index (χ4n) is 0.430. The van der Waals surface area contributed by atoms with Gasteiger partial charge in [0.1, 0.15) is 0 Å².